The molecule has 0 unspecified atom stereocenters. The number of carbonyl (C=O) groups is 2. The third-order valence-electron chi connectivity index (χ3n) is 6.65. The first kappa shape index (κ1) is 31.4. The first-order chi connectivity index (χ1) is 22.2. The van der Waals surface area contributed by atoms with Crippen LogP contribution < -0.4 is 19.5 Å². The Morgan fingerprint density at radius 3 is 1.96 bits per heavy atom. The Bertz CT molecular complexity index is 1980. The van der Waals surface area contributed by atoms with Crippen LogP contribution in [-0.2, 0) is 23.2 Å². The number of benzene rings is 5. The maximum atomic E-state index is 13.4. The molecule has 0 aliphatic carbocycles. The van der Waals surface area contributed by atoms with Gasteiger partial charge < -0.3 is 14.8 Å². The molecule has 11 nitrogen and oxygen atoms in total. The second kappa shape index (κ2) is 14.2. The number of para-hydroxylation sites is 1. The third-order valence-corrected chi connectivity index (χ3v) is 8.04. The molecule has 2 N–H and O–H groups in total. The number of sulfonamides is 1. The minimum Gasteiger partial charge on any atom is -0.489 e. The van der Waals surface area contributed by atoms with Gasteiger partial charge in [0, 0.05) is 23.3 Å². The number of hydrogen-bond donors (Lipinski definition) is 2. The van der Waals surface area contributed by atoms with Gasteiger partial charge in [-0.1, -0.05) is 78.9 Å². The summed E-state index contributed by atoms with van der Waals surface area (Å²) in [6, 6.07) is 33.7. The molecular weight excluding hydrogens is 610 g/mol. The number of nitrogens with one attached hydrogen (secondary N) is 2. The maximum Gasteiger partial charge on any atom is 0.310 e. The van der Waals surface area contributed by atoms with E-state index in [1.807, 2.05) is 41.1 Å². The normalized spacial score (nSPS) is 10.9. The van der Waals surface area contributed by atoms with E-state index in [1.165, 1.54) is 30.3 Å². The van der Waals surface area contributed by atoms with E-state index in [0.29, 0.717) is 12.4 Å². The zero-order valence-electron chi connectivity index (χ0n) is 24.2. The van der Waals surface area contributed by atoms with Gasteiger partial charge in [0.15, 0.2) is 5.75 Å². The van der Waals surface area contributed by atoms with Crippen molar-refractivity contribution < 1.29 is 32.4 Å². The van der Waals surface area contributed by atoms with Crippen molar-refractivity contribution in [3.05, 3.63) is 160 Å². The van der Waals surface area contributed by atoms with Gasteiger partial charge in [0.05, 0.1) is 10.6 Å². The summed E-state index contributed by atoms with van der Waals surface area (Å²) in [5.74, 6) is -1.42. The minimum absolute atomic E-state index is 0.0137. The molecule has 0 saturated carbocycles. The molecule has 0 aliphatic rings. The summed E-state index contributed by atoms with van der Waals surface area (Å²) in [5, 5.41) is 14.1. The van der Waals surface area contributed by atoms with Crippen LogP contribution in [0, 0.1) is 10.1 Å². The molecule has 0 aromatic heterocycles. The Labute approximate surface area is 264 Å². The highest BCUT2D eigenvalue weighted by Gasteiger charge is 2.25. The number of ether oxygens (including phenoxy) is 2. The lowest BCUT2D eigenvalue weighted by Crippen LogP contribution is -2.31. The summed E-state index contributed by atoms with van der Waals surface area (Å²) < 4.78 is 40.1. The fraction of sp³-hybridized carbons (Fsp3) is 0.0588. The fourth-order valence-electron chi connectivity index (χ4n) is 4.36. The number of nitro groups is 1. The van der Waals surface area contributed by atoms with Crippen LogP contribution in [0.3, 0.4) is 0 Å². The summed E-state index contributed by atoms with van der Waals surface area (Å²) in [6.07, 6.45) is 0. The van der Waals surface area contributed by atoms with Crippen LogP contribution in [0.1, 0.15) is 31.8 Å². The van der Waals surface area contributed by atoms with Crippen molar-refractivity contribution in [2.45, 2.75) is 18.1 Å². The Morgan fingerprint density at radius 2 is 1.28 bits per heavy atom. The molecule has 5 aromatic carbocycles. The molecule has 0 fully saturated rings. The quantitative estimate of drug-likeness (QED) is 0.122. The van der Waals surface area contributed by atoms with Crippen LogP contribution in [0.5, 0.6) is 11.5 Å². The number of hydrogen-bond acceptors (Lipinski definition) is 8. The lowest BCUT2D eigenvalue weighted by Gasteiger charge is -2.14. The molecule has 46 heavy (non-hydrogen) atoms. The molecule has 5 aromatic rings. The lowest BCUT2D eigenvalue weighted by molar-refractivity contribution is -0.385. The molecular formula is C34H27N3O8S. The second-order valence-corrected chi connectivity index (χ2v) is 11.6. The minimum atomic E-state index is -4.52. The first-order valence-corrected chi connectivity index (χ1v) is 15.4. The van der Waals surface area contributed by atoms with Crippen LogP contribution in [0.25, 0.3) is 0 Å². The fourth-order valence-corrected chi connectivity index (χ4v) is 5.50. The topological polar surface area (TPSA) is 154 Å². The number of rotatable bonds is 12. The van der Waals surface area contributed by atoms with E-state index >= 15 is 0 Å². The van der Waals surface area contributed by atoms with E-state index in [0.717, 1.165) is 29.3 Å². The van der Waals surface area contributed by atoms with Crippen molar-refractivity contribution in [3.8, 4) is 11.5 Å². The van der Waals surface area contributed by atoms with Crippen LogP contribution in [0.4, 0.5) is 11.4 Å². The zero-order chi connectivity index (χ0) is 32.5. The van der Waals surface area contributed by atoms with Crippen molar-refractivity contribution >= 4 is 33.2 Å². The lowest BCUT2D eigenvalue weighted by atomic mass is 10.2. The highest BCUT2D eigenvalue weighted by atomic mass is 32.2. The standard InChI is InChI=1S/C34H27N3O8S/c38-33(26-14-9-15-28(20-26)44-22-24-10-3-1-4-11-24)35-29-16-7-8-17-32(29)46(42,43)36-34(39)27-18-19-30(37(40)41)31(21-27)45-23-25-12-5-2-6-13-25/h1-21H,22-23H2,(H,35,38)(H,36,39). The number of amides is 2. The van der Waals surface area contributed by atoms with E-state index in [4.69, 9.17) is 9.47 Å². The van der Waals surface area contributed by atoms with Crippen molar-refractivity contribution in [2.75, 3.05) is 5.32 Å². The largest absolute Gasteiger partial charge is 0.489 e. The van der Waals surface area contributed by atoms with Crippen LogP contribution in [0.15, 0.2) is 132 Å². The molecule has 0 heterocycles. The molecule has 0 bridgehead atoms. The Balaban J connectivity index is 1.30. The predicted molar refractivity (Wildman–Crippen MR) is 170 cm³/mol. The van der Waals surface area contributed by atoms with E-state index in [9.17, 15) is 28.1 Å². The van der Waals surface area contributed by atoms with E-state index in [-0.39, 0.29) is 34.1 Å². The number of anilines is 1. The molecule has 0 radical (unpaired) electrons. The highest BCUT2D eigenvalue weighted by Crippen LogP contribution is 2.29. The molecule has 5 rings (SSSR count). The van der Waals surface area contributed by atoms with Crippen LogP contribution >= 0.6 is 0 Å². The molecule has 0 saturated heterocycles. The van der Waals surface area contributed by atoms with Crippen molar-refractivity contribution in [3.63, 3.8) is 0 Å². The maximum absolute atomic E-state index is 13.4. The zero-order valence-corrected chi connectivity index (χ0v) is 25.0. The molecule has 0 aliphatic heterocycles. The average molecular weight is 638 g/mol. The molecule has 0 atom stereocenters. The van der Waals surface area contributed by atoms with Gasteiger partial charge >= 0.3 is 5.69 Å². The van der Waals surface area contributed by atoms with E-state index in [2.05, 4.69) is 5.32 Å². The van der Waals surface area contributed by atoms with Gasteiger partial charge in [-0.2, -0.15) is 0 Å². The number of nitrogens with zero attached hydrogens (tertiary/aromatic N) is 1. The van der Waals surface area contributed by atoms with E-state index < -0.39 is 32.4 Å². The second-order valence-electron chi connectivity index (χ2n) is 9.90. The molecule has 12 heteroatoms. The van der Waals surface area contributed by atoms with Gasteiger partial charge in [-0.05, 0) is 47.5 Å². The Kier molecular flexibility index (Phi) is 9.69. The predicted octanol–water partition coefficient (Wildman–Crippen LogP) is 6.12. The van der Waals surface area contributed by atoms with Gasteiger partial charge in [-0.15, -0.1) is 0 Å². The smallest absolute Gasteiger partial charge is 0.310 e. The van der Waals surface area contributed by atoms with Gasteiger partial charge in [-0.3, -0.25) is 19.7 Å². The molecule has 2 amide bonds. The third kappa shape index (κ3) is 7.92. The average Bonchev–Trinajstić information content (AvgIpc) is 3.07. The summed E-state index contributed by atoms with van der Waals surface area (Å²) in [5.41, 5.74) is 1.25. The number of carbonyl (C=O) groups excluding carboxylic acids is 2. The van der Waals surface area contributed by atoms with Gasteiger partial charge in [0.2, 0.25) is 0 Å². The molecule has 232 valence electrons. The summed E-state index contributed by atoms with van der Waals surface area (Å²) >= 11 is 0. The Hall–Kier alpha value is -6.01. The molecule has 0 spiro atoms. The highest BCUT2D eigenvalue weighted by molar-refractivity contribution is 7.90. The SMILES string of the molecule is O=C(Nc1ccccc1S(=O)(=O)NC(=O)c1ccc([N+](=O)[O-])c(OCc2ccccc2)c1)c1cccc(OCc2ccccc2)c1. The van der Waals surface area contributed by atoms with Gasteiger partial charge in [0.1, 0.15) is 23.9 Å². The van der Waals surface area contributed by atoms with E-state index in [1.54, 1.807) is 42.5 Å². The van der Waals surface area contributed by atoms with Gasteiger partial charge in [-0.25, -0.2) is 13.1 Å². The monoisotopic (exact) mass is 637 g/mol. The first-order valence-electron chi connectivity index (χ1n) is 13.9. The van der Waals surface area contributed by atoms with Crippen molar-refractivity contribution in [1.82, 2.24) is 4.72 Å². The number of nitro benzene ring substituents is 1. The Morgan fingerprint density at radius 1 is 0.674 bits per heavy atom. The summed E-state index contributed by atoms with van der Waals surface area (Å²) in [6.45, 7) is 0.280. The van der Waals surface area contributed by atoms with Crippen LogP contribution in [-0.4, -0.2) is 25.2 Å². The van der Waals surface area contributed by atoms with Gasteiger partial charge in [0.25, 0.3) is 21.8 Å². The summed E-state index contributed by atoms with van der Waals surface area (Å²) in [7, 11) is -4.52. The summed E-state index contributed by atoms with van der Waals surface area (Å²) in [4.78, 5) is 36.7. The van der Waals surface area contributed by atoms with Crippen molar-refractivity contribution in [1.29, 1.82) is 0 Å². The van der Waals surface area contributed by atoms with Crippen molar-refractivity contribution in [2.24, 2.45) is 0 Å². The van der Waals surface area contributed by atoms with Crippen LogP contribution in [0.2, 0.25) is 0 Å².